The molecule has 3 aromatic carbocycles. The van der Waals surface area contributed by atoms with Crippen LogP contribution < -0.4 is 5.01 Å². The van der Waals surface area contributed by atoms with E-state index in [4.69, 9.17) is 0 Å². The van der Waals surface area contributed by atoms with Gasteiger partial charge < -0.3 is 5.11 Å². The fraction of sp³-hybridized carbons (Fsp3) is 0.0556. The molecule has 0 unspecified atom stereocenters. The van der Waals surface area contributed by atoms with Gasteiger partial charge in [-0.3, -0.25) is 5.01 Å². The van der Waals surface area contributed by atoms with E-state index in [-0.39, 0.29) is 5.75 Å². The molecule has 0 bridgehead atoms. The summed E-state index contributed by atoms with van der Waals surface area (Å²) in [5.41, 5.74) is 1.73. The first-order valence-electron chi connectivity index (χ1n) is 6.79. The third-order valence-electron chi connectivity index (χ3n) is 3.44. The van der Waals surface area contributed by atoms with Crippen LogP contribution in [0.1, 0.15) is 5.56 Å². The first kappa shape index (κ1) is 13.2. The molecule has 0 saturated carbocycles. The van der Waals surface area contributed by atoms with Crippen LogP contribution in [0.2, 0.25) is 0 Å². The van der Waals surface area contributed by atoms with Gasteiger partial charge in [-0.1, -0.05) is 48.5 Å². The second-order valence-corrected chi connectivity index (χ2v) is 4.82. The largest absolute Gasteiger partial charge is 0.507 e. The highest BCUT2D eigenvalue weighted by Crippen LogP contribution is 2.25. The number of anilines is 1. The molecular formula is C18H16N2O. The van der Waals surface area contributed by atoms with Gasteiger partial charge in [-0.2, -0.15) is 5.10 Å². The number of fused-ring (bicyclic) bond motifs is 1. The van der Waals surface area contributed by atoms with Crippen molar-refractivity contribution in [2.45, 2.75) is 0 Å². The van der Waals surface area contributed by atoms with Gasteiger partial charge in [-0.15, -0.1) is 0 Å². The smallest absolute Gasteiger partial charge is 0.125 e. The molecule has 0 saturated heterocycles. The lowest BCUT2D eigenvalue weighted by Crippen LogP contribution is -2.08. The molecule has 0 atom stereocenters. The van der Waals surface area contributed by atoms with Crippen molar-refractivity contribution in [2.24, 2.45) is 5.10 Å². The topological polar surface area (TPSA) is 35.8 Å². The molecule has 1 N–H and O–H groups in total. The van der Waals surface area contributed by atoms with Crippen molar-refractivity contribution in [1.82, 2.24) is 0 Å². The molecule has 0 aliphatic heterocycles. The van der Waals surface area contributed by atoms with Gasteiger partial charge in [0, 0.05) is 12.6 Å². The van der Waals surface area contributed by atoms with Crippen LogP contribution in [0.3, 0.4) is 0 Å². The SMILES string of the molecule is CN(/N=C\c1c(O)ccc2ccccc12)c1ccccc1. The molecule has 0 aromatic heterocycles. The first-order chi connectivity index (χ1) is 10.3. The molecule has 21 heavy (non-hydrogen) atoms. The lowest BCUT2D eigenvalue weighted by Gasteiger charge is -2.13. The van der Waals surface area contributed by atoms with Gasteiger partial charge >= 0.3 is 0 Å². The standard InChI is InChI=1S/C18H16N2O/c1-20(15-8-3-2-4-9-15)19-13-17-16-10-6-5-7-14(16)11-12-18(17)21/h2-13,21H,1H3/b19-13-. The molecule has 104 valence electrons. The minimum atomic E-state index is 0.235. The van der Waals surface area contributed by atoms with E-state index in [0.717, 1.165) is 22.0 Å². The van der Waals surface area contributed by atoms with Crippen LogP contribution in [0, 0.1) is 0 Å². The number of hydrogen-bond donors (Lipinski definition) is 1. The second kappa shape index (κ2) is 5.67. The van der Waals surface area contributed by atoms with Crippen molar-refractivity contribution in [1.29, 1.82) is 0 Å². The fourth-order valence-corrected chi connectivity index (χ4v) is 2.27. The summed E-state index contributed by atoms with van der Waals surface area (Å²) in [6.07, 6.45) is 1.70. The van der Waals surface area contributed by atoms with Crippen LogP contribution in [0.4, 0.5) is 5.69 Å². The molecule has 3 nitrogen and oxygen atoms in total. The maximum absolute atomic E-state index is 10.1. The Kier molecular flexibility index (Phi) is 3.56. The molecule has 0 heterocycles. The number of benzene rings is 3. The Bertz CT molecular complexity index is 782. The van der Waals surface area contributed by atoms with Gasteiger partial charge in [0.1, 0.15) is 5.75 Å². The average molecular weight is 276 g/mol. The molecule has 0 fully saturated rings. The monoisotopic (exact) mass is 276 g/mol. The second-order valence-electron chi connectivity index (χ2n) is 4.82. The number of phenols is 1. The summed E-state index contributed by atoms with van der Waals surface area (Å²) in [5, 5.41) is 18.4. The summed E-state index contributed by atoms with van der Waals surface area (Å²) in [6.45, 7) is 0. The molecular weight excluding hydrogens is 260 g/mol. The minimum absolute atomic E-state index is 0.235. The van der Waals surface area contributed by atoms with E-state index in [2.05, 4.69) is 5.10 Å². The molecule has 3 heteroatoms. The van der Waals surface area contributed by atoms with Gasteiger partial charge in [0.25, 0.3) is 0 Å². The van der Waals surface area contributed by atoms with E-state index in [9.17, 15) is 5.11 Å². The highest BCUT2D eigenvalue weighted by atomic mass is 16.3. The van der Waals surface area contributed by atoms with Gasteiger partial charge in [0.05, 0.1) is 11.9 Å². The van der Waals surface area contributed by atoms with Crippen molar-refractivity contribution in [3.8, 4) is 5.75 Å². The van der Waals surface area contributed by atoms with Crippen LogP contribution in [-0.2, 0) is 0 Å². The van der Waals surface area contributed by atoms with Crippen LogP contribution in [-0.4, -0.2) is 18.4 Å². The number of rotatable bonds is 3. The summed E-state index contributed by atoms with van der Waals surface area (Å²) in [4.78, 5) is 0. The molecule has 0 aliphatic carbocycles. The van der Waals surface area contributed by atoms with E-state index in [1.165, 1.54) is 0 Å². The Labute approximate surface area is 123 Å². The maximum atomic E-state index is 10.1. The summed E-state index contributed by atoms with van der Waals surface area (Å²) in [7, 11) is 1.88. The lowest BCUT2D eigenvalue weighted by molar-refractivity contribution is 0.475. The summed E-state index contributed by atoms with van der Waals surface area (Å²) in [5.74, 6) is 0.235. The number of hydrazone groups is 1. The molecule has 0 spiro atoms. The van der Waals surface area contributed by atoms with Gasteiger partial charge in [0.2, 0.25) is 0 Å². The van der Waals surface area contributed by atoms with E-state index >= 15 is 0 Å². The first-order valence-corrected chi connectivity index (χ1v) is 6.79. The van der Waals surface area contributed by atoms with Crippen molar-refractivity contribution in [3.63, 3.8) is 0 Å². The summed E-state index contributed by atoms with van der Waals surface area (Å²) >= 11 is 0. The highest BCUT2D eigenvalue weighted by Gasteiger charge is 2.05. The lowest BCUT2D eigenvalue weighted by atomic mass is 10.0. The molecule has 0 aliphatic rings. The average Bonchev–Trinajstić information content (AvgIpc) is 2.54. The normalized spacial score (nSPS) is 11.1. The Morgan fingerprint density at radius 3 is 2.43 bits per heavy atom. The van der Waals surface area contributed by atoms with E-state index in [1.54, 1.807) is 17.3 Å². The number of aromatic hydroxyl groups is 1. The van der Waals surface area contributed by atoms with Crippen LogP contribution in [0.5, 0.6) is 5.75 Å². The number of para-hydroxylation sites is 1. The van der Waals surface area contributed by atoms with Crippen molar-refractivity contribution >= 4 is 22.7 Å². The molecule has 3 aromatic rings. The van der Waals surface area contributed by atoms with Gasteiger partial charge in [-0.25, -0.2) is 0 Å². The third-order valence-corrected chi connectivity index (χ3v) is 3.44. The molecule has 0 radical (unpaired) electrons. The molecule has 3 rings (SSSR count). The van der Waals surface area contributed by atoms with Crippen LogP contribution in [0.25, 0.3) is 10.8 Å². The Balaban J connectivity index is 1.98. The zero-order valence-corrected chi connectivity index (χ0v) is 11.8. The summed E-state index contributed by atoms with van der Waals surface area (Å²) < 4.78 is 0. The van der Waals surface area contributed by atoms with E-state index in [1.807, 2.05) is 67.7 Å². The predicted molar refractivity (Wildman–Crippen MR) is 88.1 cm³/mol. The van der Waals surface area contributed by atoms with Crippen molar-refractivity contribution in [2.75, 3.05) is 12.1 Å². The van der Waals surface area contributed by atoms with Crippen molar-refractivity contribution in [3.05, 3.63) is 72.3 Å². The zero-order chi connectivity index (χ0) is 14.7. The quantitative estimate of drug-likeness (QED) is 0.579. The maximum Gasteiger partial charge on any atom is 0.125 e. The van der Waals surface area contributed by atoms with Crippen molar-refractivity contribution < 1.29 is 5.11 Å². The minimum Gasteiger partial charge on any atom is -0.507 e. The fourth-order valence-electron chi connectivity index (χ4n) is 2.27. The number of hydrogen-bond acceptors (Lipinski definition) is 3. The number of nitrogens with zero attached hydrogens (tertiary/aromatic N) is 2. The van der Waals surface area contributed by atoms with Crippen LogP contribution >= 0.6 is 0 Å². The van der Waals surface area contributed by atoms with Gasteiger partial charge in [-0.05, 0) is 29.0 Å². The Hall–Kier alpha value is -2.81. The third kappa shape index (κ3) is 2.72. The Morgan fingerprint density at radius 2 is 1.62 bits per heavy atom. The Morgan fingerprint density at radius 1 is 0.905 bits per heavy atom. The molecule has 0 amide bonds. The van der Waals surface area contributed by atoms with E-state index in [0.29, 0.717) is 0 Å². The number of phenolic OH excluding ortho intramolecular Hbond substituents is 1. The summed E-state index contributed by atoms with van der Waals surface area (Å²) in [6, 6.07) is 21.4. The van der Waals surface area contributed by atoms with E-state index < -0.39 is 0 Å². The van der Waals surface area contributed by atoms with Crippen LogP contribution in [0.15, 0.2) is 71.8 Å². The highest BCUT2D eigenvalue weighted by molar-refractivity contribution is 6.02. The predicted octanol–water partition coefficient (Wildman–Crippen LogP) is 4.02. The van der Waals surface area contributed by atoms with Gasteiger partial charge in [0.15, 0.2) is 0 Å². The zero-order valence-electron chi connectivity index (χ0n) is 11.8.